The molecule has 0 aliphatic rings. The summed E-state index contributed by atoms with van der Waals surface area (Å²) in [6, 6.07) is 9.39. The highest BCUT2D eigenvalue weighted by atomic mass is 19.3. The number of aryl methyl sites for hydroxylation is 1. The number of aldehydes is 1. The number of hydrogen-bond acceptors (Lipinski definition) is 1. The molecule has 1 aromatic rings. The Hall–Kier alpha value is -1.25. The van der Waals surface area contributed by atoms with Gasteiger partial charge in [-0.1, -0.05) is 30.3 Å². The number of carbonyl (C=O) groups excluding carboxylic acids is 1. The summed E-state index contributed by atoms with van der Waals surface area (Å²) in [6.45, 7) is 0. The summed E-state index contributed by atoms with van der Waals surface area (Å²) >= 11 is 0. The van der Waals surface area contributed by atoms with Crippen molar-refractivity contribution in [2.75, 3.05) is 0 Å². The molecule has 0 fully saturated rings. The van der Waals surface area contributed by atoms with E-state index in [1.807, 2.05) is 30.3 Å². The summed E-state index contributed by atoms with van der Waals surface area (Å²) in [5.74, 6) is -3.16. The lowest BCUT2D eigenvalue weighted by atomic mass is 10.1. The minimum Gasteiger partial charge on any atom is -0.297 e. The van der Waals surface area contributed by atoms with Crippen molar-refractivity contribution in [2.45, 2.75) is 25.2 Å². The Balaban J connectivity index is 2.32. The van der Waals surface area contributed by atoms with Crippen molar-refractivity contribution in [1.82, 2.24) is 0 Å². The number of benzene rings is 1. The largest absolute Gasteiger partial charge is 0.302 e. The molecule has 0 aromatic heterocycles. The Morgan fingerprint density at radius 3 is 2.43 bits per heavy atom. The molecular weight excluding hydrogens is 186 g/mol. The first-order valence-corrected chi connectivity index (χ1v) is 4.52. The maximum atomic E-state index is 12.5. The molecule has 0 saturated carbocycles. The average Bonchev–Trinajstić information content (AvgIpc) is 2.19. The molecule has 0 bridgehead atoms. The van der Waals surface area contributed by atoms with Gasteiger partial charge in [0.1, 0.15) is 0 Å². The molecule has 1 nitrogen and oxygen atoms in total. The van der Waals surface area contributed by atoms with Crippen LogP contribution in [0.2, 0.25) is 0 Å². The lowest BCUT2D eigenvalue weighted by Crippen LogP contribution is -2.17. The maximum Gasteiger partial charge on any atom is 0.302 e. The van der Waals surface area contributed by atoms with Gasteiger partial charge in [-0.3, -0.25) is 4.79 Å². The van der Waals surface area contributed by atoms with Crippen molar-refractivity contribution in [3.63, 3.8) is 0 Å². The van der Waals surface area contributed by atoms with Crippen LogP contribution in [0.4, 0.5) is 8.78 Å². The standard InChI is InChI=1S/C11H12F2O/c12-11(13,9-14)8-4-7-10-5-2-1-3-6-10/h1-3,5-6,9H,4,7-8H2. The fraction of sp³-hybridized carbons (Fsp3) is 0.364. The van der Waals surface area contributed by atoms with E-state index in [2.05, 4.69) is 0 Å². The van der Waals surface area contributed by atoms with Gasteiger partial charge < -0.3 is 0 Å². The first kappa shape index (κ1) is 10.8. The first-order valence-electron chi connectivity index (χ1n) is 4.52. The fourth-order valence-corrected chi connectivity index (χ4v) is 1.23. The predicted molar refractivity (Wildman–Crippen MR) is 50.4 cm³/mol. The van der Waals surface area contributed by atoms with Gasteiger partial charge in [0.05, 0.1) is 0 Å². The van der Waals surface area contributed by atoms with Crippen LogP contribution in [0.15, 0.2) is 30.3 Å². The summed E-state index contributed by atoms with van der Waals surface area (Å²) in [5, 5.41) is 0. The van der Waals surface area contributed by atoms with Crippen LogP contribution in [-0.2, 0) is 11.2 Å². The highest BCUT2D eigenvalue weighted by molar-refractivity contribution is 5.59. The maximum absolute atomic E-state index is 12.5. The molecule has 0 N–H and O–H groups in total. The van der Waals surface area contributed by atoms with E-state index in [9.17, 15) is 13.6 Å². The molecule has 3 heteroatoms. The normalized spacial score (nSPS) is 11.3. The van der Waals surface area contributed by atoms with Gasteiger partial charge >= 0.3 is 5.92 Å². The molecule has 14 heavy (non-hydrogen) atoms. The quantitative estimate of drug-likeness (QED) is 0.665. The van der Waals surface area contributed by atoms with Gasteiger partial charge in [-0.15, -0.1) is 0 Å². The number of alkyl halides is 2. The fourth-order valence-electron chi connectivity index (χ4n) is 1.23. The van der Waals surface area contributed by atoms with Crippen LogP contribution in [0.1, 0.15) is 18.4 Å². The summed E-state index contributed by atoms with van der Waals surface area (Å²) in [7, 11) is 0. The van der Waals surface area contributed by atoms with E-state index in [1.165, 1.54) is 0 Å². The van der Waals surface area contributed by atoms with Crippen LogP contribution in [0.3, 0.4) is 0 Å². The highest BCUT2D eigenvalue weighted by Gasteiger charge is 2.26. The van der Waals surface area contributed by atoms with Crippen LogP contribution in [0, 0.1) is 0 Å². The van der Waals surface area contributed by atoms with Gasteiger partial charge in [0, 0.05) is 6.42 Å². The lowest BCUT2D eigenvalue weighted by Gasteiger charge is -2.07. The van der Waals surface area contributed by atoms with E-state index in [-0.39, 0.29) is 12.7 Å². The Morgan fingerprint density at radius 2 is 1.86 bits per heavy atom. The van der Waals surface area contributed by atoms with Crippen LogP contribution >= 0.6 is 0 Å². The number of halogens is 2. The van der Waals surface area contributed by atoms with E-state index in [0.29, 0.717) is 12.8 Å². The Morgan fingerprint density at radius 1 is 1.21 bits per heavy atom. The van der Waals surface area contributed by atoms with Crippen LogP contribution in [-0.4, -0.2) is 12.2 Å². The minimum absolute atomic E-state index is 0.280. The third kappa shape index (κ3) is 3.64. The molecule has 0 atom stereocenters. The zero-order valence-corrected chi connectivity index (χ0v) is 7.75. The summed E-state index contributed by atoms with van der Waals surface area (Å²) in [5.41, 5.74) is 1.02. The summed E-state index contributed by atoms with van der Waals surface area (Å²) < 4.78 is 25.0. The van der Waals surface area contributed by atoms with Gasteiger partial charge in [-0.25, -0.2) is 0 Å². The van der Waals surface area contributed by atoms with Crippen molar-refractivity contribution in [3.8, 4) is 0 Å². The third-order valence-electron chi connectivity index (χ3n) is 1.99. The molecular formula is C11H12F2O. The van der Waals surface area contributed by atoms with Crippen LogP contribution in [0.5, 0.6) is 0 Å². The summed E-state index contributed by atoms with van der Waals surface area (Å²) in [6.07, 6.45) is 0.267. The van der Waals surface area contributed by atoms with Gasteiger partial charge in [-0.2, -0.15) is 8.78 Å². The molecule has 76 valence electrons. The van der Waals surface area contributed by atoms with Gasteiger partial charge in [0.15, 0.2) is 6.29 Å². The van der Waals surface area contributed by atoms with Gasteiger partial charge in [-0.05, 0) is 18.4 Å². The number of carbonyl (C=O) groups is 1. The second kappa shape index (κ2) is 4.84. The van der Waals surface area contributed by atoms with E-state index in [4.69, 9.17) is 0 Å². The van der Waals surface area contributed by atoms with Crippen molar-refractivity contribution in [3.05, 3.63) is 35.9 Å². The zero-order valence-electron chi connectivity index (χ0n) is 7.75. The Labute approximate surface area is 81.7 Å². The topological polar surface area (TPSA) is 17.1 Å². The average molecular weight is 198 g/mol. The molecule has 1 aromatic carbocycles. The lowest BCUT2D eigenvalue weighted by molar-refractivity contribution is -0.130. The molecule has 1 rings (SSSR count). The molecule has 0 heterocycles. The summed E-state index contributed by atoms with van der Waals surface area (Å²) in [4.78, 5) is 9.92. The second-order valence-electron chi connectivity index (χ2n) is 3.22. The third-order valence-corrected chi connectivity index (χ3v) is 1.99. The molecule has 0 aliphatic heterocycles. The first-order chi connectivity index (χ1) is 6.64. The minimum atomic E-state index is -3.16. The molecule has 0 amide bonds. The molecule has 0 spiro atoms. The highest BCUT2D eigenvalue weighted by Crippen LogP contribution is 2.18. The number of hydrogen-bond donors (Lipinski definition) is 0. The Kier molecular flexibility index (Phi) is 3.74. The van der Waals surface area contributed by atoms with Gasteiger partial charge in [0.2, 0.25) is 0 Å². The van der Waals surface area contributed by atoms with Crippen LogP contribution in [0.25, 0.3) is 0 Å². The van der Waals surface area contributed by atoms with Crippen molar-refractivity contribution < 1.29 is 13.6 Å². The van der Waals surface area contributed by atoms with E-state index < -0.39 is 5.92 Å². The van der Waals surface area contributed by atoms with E-state index in [1.54, 1.807) is 0 Å². The van der Waals surface area contributed by atoms with E-state index in [0.717, 1.165) is 5.56 Å². The predicted octanol–water partition coefficient (Wildman–Crippen LogP) is 2.84. The molecule has 0 saturated heterocycles. The molecule has 0 unspecified atom stereocenters. The molecule has 0 aliphatic carbocycles. The second-order valence-corrected chi connectivity index (χ2v) is 3.22. The zero-order chi connectivity index (χ0) is 10.4. The molecule has 0 radical (unpaired) electrons. The van der Waals surface area contributed by atoms with E-state index >= 15 is 0 Å². The SMILES string of the molecule is O=CC(F)(F)CCCc1ccccc1. The van der Waals surface area contributed by atoms with Crippen molar-refractivity contribution >= 4 is 6.29 Å². The smallest absolute Gasteiger partial charge is 0.297 e. The number of rotatable bonds is 5. The van der Waals surface area contributed by atoms with Crippen molar-refractivity contribution in [1.29, 1.82) is 0 Å². The van der Waals surface area contributed by atoms with Crippen LogP contribution < -0.4 is 0 Å². The monoisotopic (exact) mass is 198 g/mol. The Bertz CT molecular complexity index is 283. The van der Waals surface area contributed by atoms with Crippen molar-refractivity contribution in [2.24, 2.45) is 0 Å². The van der Waals surface area contributed by atoms with Gasteiger partial charge in [0.25, 0.3) is 0 Å².